The molecule has 13 heteroatoms. The van der Waals surface area contributed by atoms with Crippen LogP contribution in [0.3, 0.4) is 0 Å². The normalized spacial score (nSPS) is 17.5. The van der Waals surface area contributed by atoms with Gasteiger partial charge in [-0.2, -0.15) is 0 Å². The second-order valence-corrected chi connectivity index (χ2v) is 17.4. The molecule has 0 radical (unpaired) electrons. The van der Waals surface area contributed by atoms with E-state index >= 15 is 0 Å². The van der Waals surface area contributed by atoms with Gasteiger partial charge >= 0.3 is 0 Å². The second-order valence-electron chi connectivity index (χ2n) is 17.4. The number of rotatable bonds is 16. The Morgan fingerprint density at radius 2 is 1.06 bits per heavy atom. The number of nitrogens with zero attached hydrogens (tertiary/aromatic N) is 3. The molecular formula is C50H77F4N3O6. The molecule has 0 amide bonds. The van der Waals surface area contributed by atoms with Crippen LogP contribution in [0.4, 0.5) is 17.6 Å². The Morgan fingerprint density at radius 3 is 1.44 bits per heavy atom. The Bertz CT molecular complexity index is 1840. The molecule has 3 fully saturated rings. The number of methoxy groups -OCH3 is 6. The van der Waals surface area contributed by atoms with Gasteiger partial charge in [0.2, 0.25) is 0 Å². The first-order valence-corrected chi connectivity index (χ1v) is 22.4. The molecule has 63 heavy (non-hydrogen) atoms. The van der Waals surface area contributed by atoms with Crippen molar-refractivity contribution in [3.05, 3.63) is 69.8 Å². The standard InChI is InChI=1S/C16H23F2NO2.2C16H24FNO2.C2H6/c1-11(2)15-13(20-3)7-12(8-14(15)21-4)9-19-6-5-16(17,18)10-19;1-11(2)14-13(19-4)7-6-12(15(14)20-5)8-18-9-16(3,17)10-18;1-5-11(2)15-14(19-3)7-6-12(16(15)20-4)8-18-9-13(17)10-18;1-2/h7-8,11H,5-6,9-10H2,1-4H3;6-7,11H,8-10H2,1-5H3;6-7,11,13H,5,8-10H2,1-4H3;1-2H3. The van der Waals surface area contributed by atoms with Crippen LogP contribution in [-0.2, 0) is 19.6 Å². The van der Waals surface area contributed by atoms with Crippen LogP contribution in [0.2, 0.25) is 0 Å². The van der Waals surface area contributed by atoms with Crippen LogP contribution >= 0.6 is 0 Å². The van der Waals surface area contributed by atoms with Crippen molar-refractivity contribution in [1.29, 1.82) is 0 Å². The van der Waals surface area contributed by atoms with Gasteiger partial charge in [-0.15, -0.1) is 0 Å². The van der Waals surface area contributed by atoms with E-state index in [4.69, 9.17) is 28.4 Å². The maximum Gasteiger partial charge on any atom is 0.261 e. The molecule has 0 aromatic heterocycles. The van der Waals surface area contributed by atoms with E-state index in [9.17, 15) is 17.6 Å². The van der Waals surface area contributed by atoms with Gasteiger partial charge in [-0.3, -0.25) is 14.7 Å². The number of ether oxygens (including phenoxy) is 6. The summed E-state index contributed by atoms with van der Waals surface area (Å²) in [7, 11) is 9.97. The molecule has 1 unspecified atom stereocenters. The second kappa shape index (κ2) is 24.4. The first-order valence-electron chi connectivity index (χ1n) is 22.4. The van der Waals surface area contributed by atoms with Gasteiger partial charge in [0.1, 0.15) is 46.3 Å². The van der Waals surface area contributed by atoms with E-state index in [2.05, 4.69) is 51.3 Å². The smallest absolute Gasteiger partial charge is 0.261 e. The lowest BCUT2D eigenvalue weighted by molar-refractivity contribution is -0.0229. The van der Waals surface area contributed by atoms with E-state index < -0.39 is 17.8 Å². The number of hydrogen-bond acceptors (Lipinski definition) is 9. The zero-order chi connectivity index (χ0) is 47.2. The summed E-state index contributed by atoms with van der Waals surface area (Å²) in [5, 5.41) is 0. The van der Waals surface area contributed by atoms with Crippen molar-refractivity contribution in [1.82, 2.24) is 14.7 Å². The lowest BCUT2D eigenvalue weighted by atomic mass is 9.93. The third kappa shape index (κ3) is 14.3. The number of likely N-dealkylation sites (tertiary alicyclic amines) is 3. The number of hydrogen-bond donors (Lipinski definition) is 0. The number of alkyl halides is 4. The van der Waals surface area contributed by atoms with E-state index in [-0.39, 0.29) is 18.9 Å². The first-order chi connectivity index (χ1) is 29.8. The molecule has 3 saturated heterocycles. The average molecular weight is 892 g/mol. The molecule has 9 nitrogen and oxygen atoms in total. The molecule has 3 aromatic carbocycles. The molecule has 0 aliphatic carbocycles. The Hall–Kier alpha value is -3.94. The molecule has 0 spiro atoms. The molecule has 6 rings (SSSR count). The van der Waals surface area contributed by atoms with Crippen LogP contribution in [0, 0.1) is 0 Å². The van der Waals surface area contributed by atoms with Crippen molar-refractivity contribution in [3.8, 4) is 34.5 Å². The largest absolute Gasteiger partial charge is 0.496 e. The molecule has 356 valence electrons. The van der Waals surface area contributed by atoms with Crippen LogP contribution in [0.1, 0.15) is 126 Å². The van der Waals surface area contributed by atoms with Gasteiger partial charge in [0.25, 0.3) is 5.92 Å². The van der Waals surface area contributed by atoms with Crippen molar-refractivity contribution in [2.75, 3.05) is 81.9 Å². The minimum Gasteiger partial charge on any atom is -0.496 e. The fraction of sp³-hybridized carbons (Fsp3) is 0.640. The van der Waals surface area contributed by atoms with Crippen LogP contribution in [-0.4, -0.2) is 114 Å². The van der Waals surface area contributed by atoms with E-state index in [0.717, 1.165) is 80.8 Å². The maximum absolute atomic E-state index is 13.6. The number of benzene rings is 3. The lowest BCUT2D eigenvalue weighted by Gasteiger charge is -2.42. The summed E-state index contributed by atoms with van der Waals surface area (Å²) in [6.45, 7) is 22.5. The van der Waals surface area contributed by atoms with E-state index in [1.54, 1.807) is 54.5 Å². The van der Waals surface area contributed by atoms with Crippen molar-refractivity contribution in [3.63, 3.8) is 0 Å². The summed E-state index contributed by atoms with van der Waals surface area (Å²) in [6, 6.07) is 11.9. The SMILES string of the molecule is CC.CCC(C)c1c(OC)ccc(CN2CC(F)C2)c1OC.COc1cc(CN2CCC(F)(F)C2)cc(OC)c1C(C)C.COc1ccc(CN2CC(C)(F)C2)c(OC)c1C(C)C. The molecular weight excluding hydrogens is 815 g/mol. The summed E-state index contributed by atoms with van der Waals surface area (Å²) in [5.41, 5.74) is 5.30. The van der Waals surface area contributed by atoms with E-state index in [1.807, 2.05) is 50.2 Å². The topological polar surface area (TPSA) is 65.1 Å². The third-order valence-electron chi connectivity index (χ3n) is 11.6. The van der Waals surface area contributed by atoms with E-state index in [1.165, 1.54) is 0 Å². The van der Waals surface area contributed by atoms with Crippen LogP contribution in [0.5, 0.6) is 34.5 Å². The van der Waals surface area contributed by atoms with Crippen molar-refractivity contribution < 1.29 is 46.0 Å². The summed E-state index contributed by atoms with van der Waals surface area (Å²) >= 11 is 0. The Balaban J connectivity index is 0.000000247. The predicted octanol–water partition coefficient (Wildman–Crippen LogP) is 11.4. The fourth-order valence-corrected chi connectivity index (χ4v) is 8.53. The highest BCUT2D eigenvalue weighted by Crippen LogP contribution is 2.42. The van der Waals surface area contributed by atoms with Crippen molar-refractivity contribution in [2.24, 2.45) is 0 Å². The highest BCUT2D eigenvalue weighted by Gasteiger charge is 2.39. The summed E-state index contributed by atoms with van der Waals surface area (Å²) < 4.78 is 86.1. The van der Waals surface area contributed by atoms with Gasteiger partial charge in [0.15, 0.2) is 0 Å². The minimum atomic E-state index is -2.56. The molecule has 3 aliphatic rings. The van der Waals surface area contributed by atoms with E-state index in [0.29, 0.717) is 57.6 Å². The zero-order valence-corrected chi connectivity index (χ0v) is 40.9. The van der Waals surface area contributed by atoms with Crippen LogP contribution in [0.15, 0.2) is 36.4 Å². The lowest BCUT2D eigenvalue weighted by Crippen LogP contribution is -2.56. The van der Waals surface area contributed by atoms with Gasteiger partial charge < -0.3 is 28.4 Å². The van der Waals surface area contributed by atoms with Crippen LogP contribution < -0.4 is 28.4 Å². The Labute approximate surface area is 376 Å². The van der Waals surface area contributed by atoms with Gasteiger partial charge in [-0.05, 0) is 60.9 Å². The molecule has 3 aromatic rings. The predicted molar refractivity (Wildman–Crippen MR) is 247 cm³/mol. The van der Waals surface area contributed by atoms with Crippen LogP contribution in [0.25, 0.3) is 0 Å². The molecule has 3 heterocycles. The quantitative estimate of drug-likeness (QED) is 0.131. The maximum atomic E-state index is 13.6. The van der Waals surface area contributed by atoms with Crippen molar-refractivity contribution >= 4 is 0 Å². The molecule has 0 N–H and O–H groups in total. The molecule has 0 bridgehead atoms. The van der Waals surface area contributed by atoms with Crippen molar-refractivity contribution in [2.45, 2.75) is 130 Å². The average Bonchev–Trinajstić information content (AvgIpc) is 3.59. The monoisotopic (exact) mass is 892 g/mol. The fourth-order valence-electron chi connectivity index (χ4n) is 8.53. The van der Waals surface area contributed by atoms with Gasteiger partial charge in [-0.1, -0.05) is 67.5 Å². The number of halogens is 4. The minimum absolute atomic E-state index is 0.0641. The van der Waals surface area contributed by atoms with Gasteiger partial charge in [0.05, 0.1) is 49.2 Å². The Kier molecular flexibility index (Phi) is 20.7. The summed E-state index contributed by atoms with van der Waals surface area (Å²) in [6.07, 6.45) is 0.283. The van der Waals surface area contributed by atoms with Gasteiger partial charge in [0, 0.05) is 86.6 Å². The summed E-state index contributed by atoms with van der Waals surface area (Å²) in [5.74, 6) is 3.36. The third-order valence-corrected chi connectivity index (χ3v) is 11.6. The summed E-state index contributed by atoms with van der Waals surface area (Å²) in [4.78, 5) is 5.95. The first kappa shape index (κ1) is 53.4. The van der Waals surface area contributed by atoms with Gasteiger partial charge in [-0.25, -0.2) is 17.6 Å². The zero-order valence-electron chi connectivity index (χ0n) is 40.9. The molecule has 3 aliphatic heterocycles. The highest BCUT2D eigenvalue weighted by atomic mass is 19.3. The molecule has 0 saturated carbocycles. The molecule has 1 atom stereocenters. The Morgan fingerprint density at radius 1 is 0.603 bits per heavy atom. The highest BCUT2D eigenvalue weighted by molar-refractivity contribution is 5.53.